The van der Waals surface area contributed by atoms with Gasteiger partial charge in [-0.25, -0.2) is 0 Å². The summed E-state index contributed by atoms with van der Waals surface area (Å²) in [6.45, 7) is 4.51. The maximum absolute atomic E-state index is 12.7. The van der Waals surface area contributed by atoms with E-state index < -0.39 is 0 Å². The molecule has 2 N–H and O–H groups in total. The minimum Gasteiger partial charge on any atom is -0.351 e. The second-order valence-electron chi connectivity index (χ2n) is 7.06. The number of piperidine rings is 3. The zero-order chi connectivity index (χ0) is 17.4. The summed E-state index contributed by atoms with van der Waals surface area (Å²) in [5, 5.41) is 12.5. The largest absolute Gasteiger partial charge is 0.351 e. The molecule has 5 rings (SSSR count). The number of benzene rings is 1. The van der Waals surface area contributed by atoms with Crippen molar-refractivity contribution in [2.24, 2.45) is 5.92 Å². The fraction of sp³-hybridized carbons (Fsp3) is 0.400. The van der Waals surface area contributed by atoms with Crippen LogP contribution in [0.4, 0.5) is 0 Å². The number of hydrogen-bond acceptors (Lipinski definition) is 3. The van der Waals surface area contributed by atoms with Crippen LogP contribution < -0.4 is 5.32 Å². The topological polar surface area (TPSA) is 71.9 Å². The van der Waals surface area contributed by atoms with Crippen molar-refractivity contribution < 1.29 is 4.79 Å². The van der Waals surface area contributed by atoms with E-state index in [9.17, 15) is 10.1 Å². The molecule has 4 heterocycles. The number of nitrogens with zero attached hydrogens (tertiary/aromatic N) is 2. The van der Waals surface area contributed by atoms with Crippen LogP contribution in [0.15, 0.2) is 36.4 Å². The van der Waals surface area contributed by atoms with Gasteiger partial charge in [-0.2, -0.15) is 5.26 Å². The molecule has 1 amide bonds. The number of amides is 1. The molecular weight excluding hydrogens is 312 g/mol. The predicted molar refractivity (Wildman–Crippen MR) is 96.0 cm³/mol. The van der Waals surface area contributed by atoms with Gasteiger partial charge in [-0.05, 0) is 57.0 Å². The van der Waals surface area contributed by atoms with E-state index in [2.05, 4.69) is 28.2 Å². The van der Waals surface area contributed by atoms with Crippen LogP contribution in [0.3, 0.4) is 0 Å². The number of nitriles is 1. The third-order valence-electron chi connectivity index (χ3n) is 5.74. The van der Waals surface area contributed by atoms with Crippen LogP contribution in [0.5, 0.6) is 0 Å². The Morgan fingerprint density at radius 3 is 2.72 bits per heavy atom. The van der Waals surface area contributed by atoms with Gasteiger partial charge in [0.1, 0.15) is 5.69 Å². The van der Waals surface area contributed by atoms with E-state index >= 15 is 0 Å². The first kappa shape index (κ1) is 15.9. The average Bonchev–Trinajstić information content (AvgIpc) is 3.15. The van der Waals surface area contributed by atoms with Crippen molar-refractivity contribution in [1.29, 1.82) is 5.26 Å². The third-order valence-corrected chi connectivity index (χ3v) is 5.74. The molecule has 3 aliphatic heterocycles. The Bertz CT molecular complexity index is 824. The number of aromatic amines is 1. The van der Waals surface area contributed by atoms with Gasteiger partial charge in [-0.3, -0.25) is 9.69 Å². The quantitative estimate of drug-likeness (QED) is 0.906. The van der Waals surface area contributed by atoms with Crippen LogP contribution in [0, 0.1) is 17.2 Å². The van der Waals surface area contributed by atoms with E-state index in [0.29, 0.717) is 23.2 Å². The minimum atomic E-state index is -0.0636. The van der Waals surface area contributed by atoms with E-state index in [1.165, 1.54) is 12.8 Å². The molecule has 3 aliphatic rings. The van der Waals surface area contributed by atoms with E-state index in [-0.39, 0.29) is 11.9 Å². The van der Waals surface area contributed by atoms with Gasteiger partial charge in [0.2, 0.25) is 0 Å². The van der Waals surface area contributed by atoms with Crippen LogP contribution in [0.1, 0.15) is 35.8 Å². The van der Waals surface area contributed by atoms with Gasteiger partial charge in [-0.1, -0.05) is 18.2 Å². The summed E-state index contributed by atoms with van der Waals surface area (Å²) < 4.78 is 0. The van der Waals surface area contributed by atoms with Gasteiger partial charge in [0.15, 0.2) is 0 Å². The molecular formula is C20H22N4O. The fourth-order valence-corrected chi connectivity index (χ4v) is 4.27. The molecule has 0 unspecified atom stereocenters. The lowest BCUT2D eigenvalue weighted by Gasteiger charge is -2.49. The molecule has 3 fully saturated rings. The zero-order valence-electron chi connectivity index (χ0n) is 14.3. The molecule has 2 bridgehead atoms. The second-order valence-corrected chi connectivity index (χ2v) is 7.06. The highest BCUT2D eigenvalue weighted by atomic mass is 16.2. The van der Waals surface area contributed by atoms with Crippen LogP contribution in [0.2, 0.25) is 0 Å². The first-order valence-electron chi connectivity index (χ1n) is 8.91. The molecule has 0 radical (unpaired) electrons. The lowest BCUT2D eigenvalue weighted by atomic mass is 9.79. The molecule has 0 saturated carbocycles. The number of fused-ring (bicyclic) bond motifs is 3. The first-order valence-corrected chi connectivity index (χ1v) is 8.91. The predicted octanol–water partition coefficient (Wildman–Crippen LogP) is 2.77. The van der Waals surface area contributed by atoms with Crippen molar-refractivity contribution in [2.45, 2.75) is 31.8 Å². The molecule has 1 aromatic heterocycles. The van der Waals surface area contributed by atoms with Gasteiger partial charge < -0.3 is 10.3 Å². The normalized spacial score (nSPS) is 27.7. The van der Waals surface area contributed by atoms with Crippen molar-refractivity contribution in [3.05, 3.63) is 47.7 Å². The summed E-state index contributed by atoms with van der Waals surface area (Å²) in [4.78, 5) is 18.4. The van der Waals surface area contributed by atoms with Crippen molar-refractivity contribution in [2.75, 3.05) is 13.1 Å². The van der Waals surface area contributed by atoms with Crippen molar-refractivity contribution >= 4 is 5.91 Å². The third kappa shape index (κ3) is 2.83. The molecule has 5 heteroatoms. The highest BCUT2D eigenvalue weighted by molar-refractivity contribution is 5.93. The highest BCUT2D eigenvalue weighted by Crippen LogP contribution is 2.32. The lowest BCUT2D eigenvalue weighted by Crippen LogP contribution is -2.62. The Kier molecular flexibility index (Phi) is 4.06. The van der Waals surface area contributed by atoms with E-state index in [1.54, 1.807) is 12.1 Å². The number of H-pyrrole nitrogens is 1. The molecule has 0 aliphatic carbocycles. The van der Waals surface area contributed by atoms with Crippen LogP contribution in [-0.2, 0) is 0 Å². The summed E-state index contributed by atoms with van der Waals surface area (Å²) >= 11 is 0. The van der Waals surface area contributed by atoms with Crippen LogP contribution in [-0.4, -0.2) is 41.0 Å². The summed E-state index contributed by atoms with van der Waals surface area (Å²) in [6, 6.07) is 13.9. The van der Waals surface area contributed by atoms with Crippen molar-refractivity contribution in [3.8, 4) is 17.3 Å². The standard InChI is InChI=1S/C20H22N4O/c1-13-19(14-8-10-24(13)11-9-14)23-20(25)18-7-6-17(22-18)16-5-3-2-4-15(16)12-21/h2-7,13-14,19,22H,8-11H2,1H3,(H,23,25)/t13-,19-/m0/s1. The van der Waals surface area contributed by atoms with Gasteiger partial charge >= 0.3 is 0 Å². The smallest absolute Gasteiger partial charge is 0.267 e. The number of nitrogens with one attached hydrogen (secondary N) is 2. The number of hydrogen-bond donors (Lipinski definition) is 2. The fourth-order valence-electron chi connectivity index (χ4n) is 4.27. The van der Waals surface area contributed by atoms with E-state index in [0.717, 1.165) is 24.3 Å². The molecule has 5 nitrogen and oxygen atoms in total. The van der Waals surface area contributed by atoms with Gasteiger partial charge in [0.05, 0.1) is 11.6 Å². The summed E-state index contributed by atoms with van der Waals surface area (Å²) in [5.41, 5.74) is 2.76. The Balaban J connectivity index is 1.52. The average molecular weight is 334 g/mol. The van der Waals surface area contributed by atoms with E-state index in [1.807, 2.05) is 24.3 Å². The van der Waals surface area contributed by atoms with Gasteiger partial charge in [0.25, 0.3) is 5.91 Å². The van der Waals surface area contributed by atoms with Gasteiger partial charge in [0, 0.05) is 23.3 Å². The minimum absolute atomic E-state index is 0.0636. The lowest BCUT2D eigenvalue weighted by molar-refractivity contribution is 0.0216. The van der Waals surface area contributed by atoms with Crippen molar-refractivity contribution in [3.63, 3.8) is 0 Å². The van der Waals surface area contributed by atoms with E-state index in [4.69, 9.17) is 0 Å². The molecule has 0 spiro atoms. The first-order chi connectivity index (χ1) is 12.2. The molecule has 2 atom stereocenters. The summed E-state index contributed by atoms with van der Waals surface area (Å²) in [7, 11) is 0. The number of rotatable bonds is 3. The Morgan fingerprint density at radius 2 is 2.00 bits per heavy atom. The molecule has 1 aromatic carbocycles. The number of aromatic nitrogens is 1. The maximum atomic E-state index is 12.7. The molecule has 3 saturated heterocycles. The van der Waals surface area contributed by atoms with Gasteiger partial charge in [-0.15, -0.1) is 0 Å². The maximum Gasteiger partial charge on any atom is 0.267 e. The Morgan fingerprint density at radius 1 is 1.24 bits per heavy atom. The molecule has 25 heavy (non-hydrogen) atoms. The number of carbonyl (C=O) groups is 1. The summed E-state index contributed by atoms with van der Waals surface area (Å²) in [5.74, 6) is 0.518. The van der Waals surface area contributed by atoms with Crippen LogP contribution >= 0.6 is 0 Å². The monoisotopic (exact) mass is 334 g/mol. The zero-order valence-corrected chi connectivity index (χ0v) is 14.3. The Hall–Kier alpha value is -2.58. The summed E-state index contributed by atoms with van der Waals surface area (Å²) in [6.07, 6.45) is 2.33. The molecule has 2 aromatic rings. The van der Waals surface area contributed by atoms with Crippen LogP contribution in [0.25, 0.3) is 11.3 Å². The SMILES string of the molecule is C[C@H]1[C@H](NC(=O)c2ccc(-c3ccccc3C#N)[nH]2)C2CCN1CC2. The molecule has 128 valence electrons. The second kappa shape index (κ2) is 6.38. The number of carbonyl (C=O) groups excluding carboxylic acids is 1. The van der Waals surface area contributed by atoms with Crippen molar-refractivity contribution in [1.82, 2.24) is 15.2 Å². The Labute approximate surface area is 147 Å². The highest BCUT2D eigenvalue weighted by Gasteiger charge is 2.40.